The van der Waals surface area contributed by atoms with E-state index in [1.54, 1.807) is 18.4 Å². The van der Waals surface area contributed by atoms with Crippen LogP contribution < -0.4 is 4.74 Å². The van der Waals surface area contributed by atoms with E-state index < -0.39 is 0 Å². The van der Waals surface area contributed by atoms with Gasteiger partial charge in [0.1, 0.15) is 5.75 Å². The Morgan fingerprint density at radius 1 is 1.24 bits per heavy atom. The SMILES string of the molecule is COc1ccccc1C(C)/N=C/c1cccs1. The highest BCUT2D eigenvalue weighted by molar-refractivity contribution is 7.11. The molecule has 0 aliphatic carbocycles. The van der Waals surface area contributed by atoms with E-state index in [4.69, 9.17) is 4.74 Å². The molecule has 2 aromatic rings. The zero-order valence-electron chi connectivity index (χ0n) is 9.96. The van der Waals surface area contributed by atoms with Crippen molar-refractivity contribution in [3.8, 4) is 5.75 Å². The molecule has 0 aliphatic rings. The second kappa shape index (κ2) is 5.64. The van der Waals surface area contributed by atoms with Crippen molar-refractivity contribution in [3.63, 3.8) is 0 Å². The van der Waals surface area contributed by atoms with Crippen LogP contribution in [0.3, 0.4) is 0 Å². The minimum atomic E-state index is 0.105. The number of ether oxygens (including phenoxy) is 1. The summed E-state index contributed by atoms with van der Waals surface area (Å²) in [6.07, 6.45) is 1.92. The lowest BCUT2D eigenvalue weighted by atomic mass is 10.1. The molecule has 1 heterocycles. The Morgan fingerprint density at radius 3 is 2.76 bits per heavy atom. The molecule has 0 amide bonds. The summed E-state index contributed by atoms with van der Waals surface area (Å²) >= 11 is 1.69. The van der Waals surface area contributed by atoms with E-state index in [1.807, 2.05) is 30.5 Å². The van der Waals surface area contributed by atoms with Crippen LogP contribution in [-0.2, 0) is 0 Å². The average molecular weight is 245 g/mol. The first-order valence-electron chi connectivity index (χ1n) is 5.51. The Morgan fingerprint density at radius 2 is 2.06 bits per heavy atom. The fourth-order valence-electron chi connectivity index (χ4n) is 1.64. The maximum absolute atomic E-state index is 5.33. The fourth-order valence-corrected chi connectivity index (χ4v) is 2.23. The van der Waals surface area contributed by atoms with Gasteiger partial charge in [-0.15, -0.1) is 11.3 Å². The molecule has 2 rings (SSSR count). The molecule has 0 radical (unpaired) electrons. The first-order chi connectivity index (χ1) is 8.31. The molecule has 0 aliphatic heterocycles. The highest BCUT2D eigenvalue weighted by Gasteiger charge is 2.08. The molecule has 0 bridgehead atoms. The minimum absolute atomic E-state index is 0.105. The number of thiophene rings is 1. The maximum Gasteiger partial charge on any atom is 0.124 e. The van der Waals surface area contributed by atoms with Crippen LogP contribution in [0.1, 0.15) is 23.4 Å². The molecule has 1 atom stereocenters. The Balaban J connectivity index is 2.17. The highest BCUT2D eigenvalue weighted by atomic mass is 32.1. The number of nitrogens with zero attached hydrogens (tertiary/aromatic N) is 1. The largest absolute Gasteiger partial charge is 0.496 e. The number of hydrogen-bond acceptors (Lipinski definition) is 3. The van der Waals surface area contributed by atoms with Gasteiger partial charge in [-0.2, -0.15) is 0 Å². The Kier molecular flexibility index (Phi) is 3.94. The zero-order valence-corrected chi connectivity index (χ0v) is 10.8. The van der Waals surface area contributed by atoms with Crippen LogP contribution in [0.4, 0.5) is 0 Å². The Labute approximate surface area is 106 Å². The van der Waals surface area contributed by atoms with Crippen LogP contribution in [0.2, 0.25) is 0 Å². The van der Waals surface area contributed by atoms with Gasteiger partial charge in [-0.1, -0.05) is 24.3 Å². The third-order valence-corrected chi connectivity index (χ3v) is 3.36. The lowest BCUT2D eigenvalue weighted by Crippen LogP contribution is -1.95. The van der Waals surface area contributed by atoms with Gasteiger partial charge >= 0.3 is 0 Å². The monoisotopic (exact) mass is 245 g/mol. The summed E-state index contributed by atoms with van der Waals surface area (Å²) in [6.45, 7) is 2.07. The summed E-state index contributed by atoms with van der Waals surface area (Å²) in [6, 6.07) is 12.2. The van der Waals surface area contributed by atoms with Crippen molar-refractivity contribution in [3.05, 3.63) is 52.2 Å². The van der Waals surface area contributed by atoms with Crippen molar-refractivity contribution in [2.75, 3.05) is 7.11 Å². The average Bonchev–Trinajstić information content (AvgIpc) is 2.89. The number of benzene rings is 1. The highest BCUT2D eigenvalue weighted by Crippen LogP contribution is 2.26. The van der Waals surface area contributed by atoms with Crippen LogP contribution in [-0.4, -0.2) is 13.3 Å². The molecule has 1 unspecified atom stereocenters. The number of rotatable bonds is 4. The van der Waals surface area contributed by atoms with Crippen LogP contribution in [0.15, 0.2) is 46.8 Å². The molecule has 1 aromatic carbocycles. The quantitative estimate of drug-likeness (QED) is 0.748. The number of hydrogen-bond donors (Lipinski definition) is 0. The van der Waals surface area contributed by atoms with E-state index in [1.165, 1.54) is 4.88 Å². The van der Waals surface area contributed by atoms with Gasteiger partial charge in [0.15, 0.2) is 0 Å². The van der Waals surface area contributed by atoms with Gasteiger partial charge in [-0.3, -0.25) is 4.99 Å². The standard InChI is InChI=1S/C14H15NOS/c1-11(15-10-12-6-5-9-17-12)13-7-3-4-8-14(13)16-2/h3-11H,1-2H3/b15-10+. The van der Waals surface area contributed by atoms with Crippen LogP contribution in [0, 0.1) is 0 Å². The summed E-state index contributed by atoms with van der Waals surface area (Å²) in [5.41, 5.74) is 1.11. The second-order valence-corrected chi connectivity index (χ2v) is 4.69. The van der Waals surface area contributed by atoms with Gasteiger partial charge in [0.25, 0.3) is 0 Å². The van der Waals surface area contributed by atoms with E-state index in [9.17, 15) is 0 Å². The summed E-state index contributed by atoms with van der Waals surface area (Å²) in [4.78, 5) is 5.72. The molecule has 88 valence electrons. The minimum Gasteiger partial charge on any atom is -0.496 e. The molecule has 0 saturated heterocycles. The molecule has 0 N–H and O–H groups in total. The molecule has 3 heteroatoms. The zero-order chi connectivity index (χ0) is 12.1. The number of aliphatic imine (C=N–C) groups is 1. The van der Waals surface area contributed by atoms with Gasteiger partial charge < -0.3 is 4.74 Å². The topological polar surface area (TPSA) is 21.6 Å². The smallest absolute Gasteiger partial charge is 0.124 e. The summed E-state index contributed by atoms with van der Waals surface area (Å²) in [5, 5.41) is 2.05. The predicted molar refractivity (Wildman–Crippen MR) is 73.3 cm³/mol. The number of para-hydroxylation sites is 1. The molecular weight excluding hydrogens is 230 g/mol. The van der Waals surface area contributed by atoms with E-state index >= 15 is 0 Å². The third-order valence-electron chi connectivity index (χ3n) is 2.56. The van der Waals surface area contributed by atoms with Crippen molar-refractivity contribution in [1.82, 2.24) is 0 Å². The second-order valence-electron chi connectivity index (χ2n) is 3.71. The lowest BCUT2D eigenvalue weighted by molar-refractivity contribution is 0.407. The van der Waals surface area contributed by atoms with Crippen LogP contribution in [0.5, 0.6) is 5.75 Å². The van der Waals surface area contributed by atoms with Crippen molar-refractivity contribution in [1.29, 1.82) is 0 Å². The third kappa shape index (κ3) is 2.94. The van der Waals surface area contributed by atoms with Crippen LogP contribution in [0.25, 0.3) is 0 Å². The normalized spacial score (nSPS) is 12.8. The fraction of sp³-hybridized carbons (Fsp3) is 0.214. The van der Waals surface area contributed by atoms with Crippen molar-refractivity contribution in [2.24, 2.45) is 4.99 Å². The first-order valence-corrected chi connectivity index (χ1v) is 6.39. The van der Waals surface area contributed by atoms with Gasteiger partial charge in [0.05, 0.1) is 13.2 Å². The lowest BCUT2D eigenvalue weighted by Gasteiger charge is -2.11. The molecule has 0 fully saturated rings. The van der Waals surface area contributed by atoms with Gasteiger partial charge in [0.2, 0.25) is 0 Å². The maximum atomic E-state index is 5.33. The summed E-state index contributed by atoms with van der Waals surface area (Å²) in [7, 11) is 1.69. The number of methoxy groups -OCH3 is 1. The summed E-state index contributed by atoms with van der Waals surface area (Å²) in [5.74, 6) is 0.892. The molecule has 1 aromatic heterocycles. The van der Waals surface area contributed by atoms with Crippen LogP contribution >= 0.6 is 11.3 Å². The van der Waals surface area contributed by atoms with Crippen molar-refractivity contribution in [2.45, 2.75) is 13.0 Å². The Hall–Kier alpha value is -1.61. The van der Waals surface area contributed by atoms with Crippen molar-refractivity contribution >= 4 is 17.6 Å². The van der Waals surface area contributed by atoms with E-state index in [0.29, 0.717) is 0 Å². The summed E-state index contributed by atoms with van der Waals surface area (Å²) < 4.78 is 5.33. The van der Waals surface area contributed by atoms with E-state index in [2.05, 4.69) is 29.4 Å². The van der Waals surface area contributed by atoms with E-state index in [0.717, 1.165) is 11.3 Å². The molecule has 0 spiro atoms. The van der Waals surface area contributed by atoms with Crippen molar-refractivity contribution < 1.29 is 4.74 Å². The molecule has 17 heavy (non-hydrogen) atoms. The van der Waals surface area contributed by atoms with Gasteiger partial charge in [-0.05, 0) is 24.4 Å². The predicted octanol–water partition coefficient (Wildman–Crippen LogP) is 3.94. The first kappa shape index (κ1) is 11.9. The van der Waals surface area contributed by atoms with Gasteiger partial charge in [0, 0.05) is 16.7 Å². The molecule has 2 nitrogen and oxygen atoms in total. The van der Waals surface area contributed by atoms with Gasteiger partial charge in [-0.25, -0.2) is 0 Å². The Bertz CT molecular complexity index is 491. The van der Waals surface area contributed by atoms with E-state index in [-0.39, 0.29) is 6.04 Å². The molecule has 0 saturated carbocycles. The molecular formula is C14H15NOS.